The number of aromatic nitrogens is 5. The summed E-state index contributed by atoms with van der Waals surface area (Å²) in [5.41, 5.74) is 1.68. The summed E-state index contributed by atoms with van der Waals surface area (Å²) in [6, 6.07) is 11.0. The Labute approximate surface area is 188 Å². The van der Waals surface area contributed by atoms with Crippen LogP contribution in [0.4, 0.5) is 4.39 Å². The van der Waals surface area contributed by atoms with Crippen LogP contribution < -0.4 is 10.4 Å². The van der Waals surface area contributed by atoms with Gasteiger partial charge in [0.15, 0.2) is 8.83 Å². The summed E-state index contributed by atoms with van der Waals surface area (Å²) in [5.74, 6) is -0.150. The number of aryl methyl sites for hydroxylation is 2. The third-order valence-electron chi connectivity index (χ3n) is 4.97. The molecule has 0 spiro atoms. The summed E-state index contributed by atoms with van der Waals surface area (Å²) in [7, 11) is 0. The zero-order valence-electron chi connectivity index (χ0n) is 15.7. The van der Waals surface area contributed by atoms with Gasteiger partial charge in [0.1, 0.15) is 5.82 Å². The molecule has 1 aliphatic heterocycles. The summed E-state index contributed by atoms with van der Waals surface area (Å²) >= 11 is 3.39. The lowest BCUT2D eigenvalue weighted by Crippen LogP contribution is -2.26. The molecule has 0 fully saturated rings. The number of pyridine rings is 1. The first-order chi connectivity index (χ1) is 14.5. The summed E-state index contributed by atoms with van der Waals surface area (Å²) in [6.07, 6.45) is 2.89. The van der Waals surface area contributed by atoms with Crippen molar-refractivity contribution in [3.05, 3.63) is 79.0 Å². The zero-order chi connectivity index (χ0) is 20.8. The van der Waals surface area contributed by atoms with E-state index in [1.165, 1.54) is 28.3 Å². The minimum absolute atomic E-state index is 0.0698. The van der Waals surface area contributed by atoms with Crippen molar-refractivity contribution in [3.63, 3.8) is 0 Å². The number of nitrogens with zero attached hydrogens (tertiary/aromatic N) is 5. The van der Waals surface area contributed by atoms with Gasteiger partial charge in [-0.15, -0.1) is 5.10 Å². The Morgan fingerprint density at radius 1 is 1.30 bits per heavy atom. The molecule has 7 nitrogen and oxygen atoms in total. The number of benzene rings is 1. The minimum atomic E-state index is -0.671. The van der Waals surface area contributed by atoms with Crippen LogP contribution in [0, 0.1) is 15.8 Å². The molecule has 0 saturated carbocycles. The summed E-state index contributed by atoms with van der Waals surface area (Å²) < 4.78 is 23.9. The van der Waals surface area contributed by atoms with Crippen LogP contribution in [0.15, 0.2) is 47.4 Å². The number of halogens is 2. The van der Waals surface area contributed by atoms with E-state index in [2.05, 4.69) is 37.7 Å². The molecule has 0 aliphatic carbocycles. The van der Waals surface area contributed by atoms with Crippen LogP contribution >= 0.6 is 33.9 Å². The second-order valence-corrected chi connectivity index (χ2v) is 9.58. The Morgan fingerprint density at radius 2 is 2.10 bits per heavy atom. The second kappa shape index (κ2) is 7.58. The Bertz CT molecular complexity index is 1300. The van der Waals surface area contributed by atoms with Gasteiger partial charge < -0.3 is 4.74 Å². The molecule has 1 atom stereocenters. The lowest BCUT2D eigenvalue weighted by molar-refractivity contribution is 0.428. The molecular formula is C20H15FIN5O2S. The molecule has 0 radical (unpaired) electrons. The number of thiazole rings is 1. The number of fused-ring (bicyclic) bond motifs is 1. The van der Waals surface area contributed by atoms with E-state index < -0.39 is 5.82 Å². The fourth-order valence-electron chi connectivity index (χ4n) is 3.60. The highest BCUT2D eigenvalue weighted by atomic mass is 127. The maximum atomic E-state index is 14.7. The van der Waals surface area contributed by atoms with Crippen molar-refractivity contribution in [2.45, 2.75) is 25.8 Å². The molecule has 10 heteroatoms. The van der Waals surface area contributed by atoms with Gasteiger partial charge in [0.25, 0.3) is 5.88 Å². The third-order valence-corrected chi connectivity index (χ3v) is 6.70. The number of ether oxygens (including phenoxy) is 1. The van der Waals surface area contributed by atoms with E-state index >= 15 is 0 Å². The molecule has 152 valence electrons. The third kappa shape index (κ3) is 3.33. The van der Waals surface area contributed by atoms with E-state index in [0.717, 1.165) is 15.0 Å². The maximum Gasteiger partial charge on any atom is 0.351 e. The van der Waals surface area contributed by atoms with Crippen LogP contribution in [0.5, 0.6) is 10.9 Å². The normalized spacial score (nSPS) is 15.4. The van der Waals surface area contributed by atoms with Gasteiger partial charge in [-0.05, 0) is 41.5 Å². The first kappa shape index (κ1) is 19.4. The van der Waals surface area contributed by atoms with E-state index in [9.17, 15) is 9.18 Å². The lowest BCUT2D eigenvalue weighted by atomic mass is 10.1. The second-order valence-electron chi connectivity index (χ2n) is 6.87. The van der Waals surface area contributed by atoms with Crippen LogP contribution in [-0.2, 0) is 6.42 Å². The number of hydrogen-bond donors (Lipinski definition) is 0. The first-order valence-corrected chi connectivity index (χ1v) is 11.1. The molecule has 0 saturated heterocycles. The van der Waals surface area contributed by atoms with Crippen molar-refractivity contribution >= 4 is 33.9 Å². The average Bonchev–Trinajstić information content (AvgIpc) is 3.39. The molecule has 1 aromatic carbocycles. The average molecular weight is 535 g/mol. The number of hydrogen-bond acceptors (Lipinski definition) is 6. The van der Waals surface area contributed by atoms with Gasteiger partial charge in [-0.2, -0.15) is 4.68 Å². The van der Waals surface area contributed by atoms with E-state index in [0.29, 0.717) is 23.0 Å². The minimum Gasteiger partial charge on any atom is -0.423 e. The maximum absolute atomic E-state index is 14.7. The highest BCUT2D eigenvalue weighted by Gasteiger charge is 2.29. The van der Waals surface area contributed by atoms with Crippen molar-refractivity contribution in [1.82, 2.24) is 24.3 Å². The van der Waals surface area contributed by atoms with Crippen LogP contribution in [-0.4, -0.2) is 24.3 Å². The molecule has 1 unspecified atom stereocenters. The molecule has 30 heavy (non-hydrogen) atoms. The molecule has 4 heterocycles. The molecule has 4 aromatic rings. The molecule has 3 aromatic heterocycles. The Balaban J connectivity index is 1.48. The SMILES string of the molecule is Cc1nc(I)sc1Oc1ncc(-n2nc3n(c2=O)C(c2ccccc2)CC3)cc1F. The predicted molar refractivity (Wildman–Crippen MR) is 118 cm³/mol. The van der Waals surface area contributed by atoms with Crippen LogP contribution in [0.25, 0.3) is 5.69 Å². The van der Waals surface area contributed by atoms with Gasteiger partial charge in [0, 0.05) is 12.5 Å². The van der Waals surface area contributed by atoms with E-state index in [1.54, 1.807) is 11.5 Å². The van der Waals surface area contributed by atoms with Crippen molar-refractivity contribution in [2.24, 2.45) is 0 Å². The van der Waals surface area contributed by atoms with Gasteiger partial charge in [-0.25, -0.2) is 19.2 Å². The van der Waals surface area contributed by atoms with Gasteiger partial charge in [-0.3, -0.25) is 4.57 Å². The predicted octanol–water partition coefficient (Wildman–Crippen LogP) is 4.27. The smallest absolute Gasteiger partial charge is 0.351 e. The highest BCUT2D eigenvalue weighted by molar-refractivity contribution is 14.1. The molecule has 0 amide bonds. The quantitative estimate of drug-likeness (QED) is 0.365. The molecule has 0 N–H and O–H groups in total. The van der Waals surface area contributed by atoms with Crippen LogP contribution in [0.3, 0.4) is 0 Å². The molecule has 0 bridgehead atoms. The van der Waals surface area contributed by atoms with Gasteiger partial charge >= 0.3 is 5.69 Å². The highest BCUT2D eigenvalue weighted by Crippen LogP contribution is 2.33. The van der Waals surface area contributed by atoms with Crippen molar-refractivity contribution in [2.75, 3.05) is 0 Å². The molecule has 5 rings (SSSR count). The van der Waals surface area contributed by atoms with E-state index in [4.69, 9.17) is 4.74 Å². The van der Waals surface area contributed by atoms with E-state index in [-0.39, 0.29) is 23.3 Å². The molecular weight excluding hydrogens is 520 g/mol. The largest absolute Gasteiger partial charge is 0.423 e. The fourth-order valence-corrected chi connectivity index (χ4v) is 5.21. The van der Waals surface area contributed by atoms with Gasteiger partial charge in [-0.1, -0.05) is 41.7 Å². The zero-order valence-corrected chi connectivity index (χ0v) is 18.7. The first-order valence-electron chi connectivity index (χ1n) is 9.23. The Morgan fingerprint density at radius 3 is 2.80 bits per heavy atom. The monoisotopic (exact) mass is 535 g/mol. The summed E-state index contributed by atoms with van der Waals surface area (Å²) in [5, 5.41) is 4.91. The van der Waals surface area contributed by atoms with Gasteiger partial charge in [0.05, 0.1) is 23.6 Å². The Hall–Kier alpha value is -2.60. The topological polar surface area (TPSA) is 74.8 Å². The van der Waals surface area contributed by atoms with Crippen LogP contribution in [0.1, 0.15) is 29.5 Å². The van der Waals surface area contributed by atoms with Crippen molar-refractivity contribution < 1.29 is 9.13 Å². The van der Waals surface area contributed by atoms with Crippen molar-refractivity contribution in [1.29, 1.82) is 0 Å². The Kier molecular flexibility index (Phi) is 4.89. The van der Waals surface area contributed by atoms with E-state index in [1.807, 2.05) is 30.3 Å². The van der Waals surface area contributed by atoms with Gasteiger partial charge in [0.2, 0.25) is 5.06 Å². The lowest BCUT2D eigenvalue weighted by Gasteiger charge is -2.12. The number of rotatable bonds is 4. The fraction of sp³-hybridized carbons (Fsp3) is 0.200. The molecule has 1 aliphatic rings. The standard InChI is InChI=1S/C20H15FIN5O2S/c1-11-18(30-19(22)24-11)29-17-14(21)9-13(10-23-17)27-20(28)26-15(7-8-16(26)25-27)12-5-3-2-4-6-12/h2-6,9-10,15H,7-8H2,1H3. The van der Waals surface area contributed by atoms with Crippen LogP contribution in [0.2, 0.25) is 0 Å². The van der Waals surface area contributed by atoms with Crippen molar-refractivity contribution in [3.8, 4) is 16.6 Å². The summed E-state index contributed by atoms with van der Waals surface area (Å²) in [4.78, 5) is 21.4. The summed E-state index contributed by atoms with van der Waals surface area (Å²) in [6.45, 7) is 1.79.